The van der Waals surface area contributed by atoms with E-state index in [2.05, 4.69) is 28.6 Å². The van der Waals surface area contributed by atoms with Gasteiger partial charge in [-0.3, -0.25) is 9.48 Å². The van der Waals surface area contributed by atoms with Crippen molar-refractivity contribution in [2.75, 3.05) is 7.11 Å². The quantitative estimate of drug-likeness (QED) is 0.439. The lowest BCUT2D eigenvalue weighted by Crippen LogP contribution is -2.31. The van der Waals surface area contributed by atoms with Gasteiger partial charge < -0.3 is 10.1 Å². The molecule has 1 heterocycles. The van der Waals surface area contributed by atoms with Crippen molar-refractivity contribution in [3.63, 3.8) is 0 Å². The van der Waals surface area contributed by atoms with Crippen molar-refractivity contribution in [3.8, 4) is 16.9 Å². The molecule has 1 aromatic heterocycles. The molecule has 0 unspecified atom stereocenters. The molecular weight excluding hydrogens is 410 g/mol. The summed E-state index contributed by atoms with van der Waals surface area (Å²) in [5.41, 5.74) is 6.31. The molecule has 4 aromatic rings. The molecule has 1 aliphatic carbocycles. The van der Waals surface area contributed by atoms with Crippen LogP contribution in [0.5, 0.6) is 5.75 Å². The van der Waals surface area contributed by atoms with E-state index in [0.29, 0.717) is 12.1 Å². The highest BCUT2D eigenvalue weighted by Crippen LogP contribution is 2.31. The molecule has 1 atom stereocenters. The van der Waals surface area contributed by atoms with Crippen molar-refractivity contribution >= 4 is 5.91 Å². The Morgan fingerprint density at radius 2 is 1.73 bits per heavy atom. The van der Waals surface area contributed by atoms with Gasteiger partial charge in [0.2, 0.25) is 0 Å². The number of aromatic nitrogens is 2. The molecule has 3 aromatic carbocycles. The molecule has 5 heteroatoms. The molecular formula is C28H27N3O2. The normalized spacial score (nSPS) is 15.0. The van der Waals surface area contributed by atoms with Crippen LogP contribution in [0.3, 0.4) is 0 Å². The number of para-hydroxylation sites is 1. The Labute approximate surface area is 194 Å². The van der Waals surface area contributed by atoms with E-state index in [9.17, 15) is 4.79 Å². The summed E-state index contributed by atoms with van der Waals surface area (Å²) in [6, 6.07) is 26.0. The lowest BCUT2D eigenvalue weighted by Gasteiger charge is -2.24. The zero-order valence-electron chi connectivity index (χ0n) is 18.7. The second-order valence-electron chi connectivity index (χ2n) is 8.38. The average molecular weight is 438 g/mol. The summed E-state index contributed by atoms with van der Waals surface area (Å²) in [6.45, 7) is 0.654. The minimum absolute atomic E-state index is 0.0264. The van der Waals surface area contributed by atoms with E-state index in [4.69, 9.17) is 4.74 Å². The number of amides is 1. The van der Waals surface area contributed by atoms with E-state index in [0.717, 1.165) is 47.3 Å². The van der Waals surface area contributed by atoms with Crippen LogP contribution in [-0.2, 0) is 13.0 Å². The summed E-state index contributed by atoms with van der Waals surface area (Å²) in [7, 11) is 1.69. The number of fused-ring (bicyclic) bond motifs is 1. The smallest absolute Gasteiger partial charge is 0.251 e. The van der Waals surface area contributed by atoms with Crippen LogP contribution in [0.15, 0.2) is 85.1 Å². The van der Waals surface area contributed by atoms with Crippen LogP contribution in [0.25, 0.3) is 11.1 Å². The van der Waals surface area contributed by atoms with E-state index >= 15 is 0 Å². The number of hydrogen-bond acceptors (Lipinski definition) is 3. The Hall–Kier alpha value is -3.86. The van der Waals surface area contributed by atoms with Crippen molar-refractivity contribution < 1.29 is 9.53 Å². The fourth-order valence-electron chi connectivity index (χ4n) is 4.59. The van der Waals surface area contributed by atoms with Crippen LogP contribution in [0, 0.1) is 0 Å². The van der Waals surface area contributed by atoms with Gasteiger partial charge >= 0.3 is 0 Å². The molecule has 0 radical (unpaired) electrons. The number of hydrogen-bond donors (Lipinski definition) is 1. The summed E-state index contributed by atoms with van der Waals surface area (Å²) < 4.78 is 7.54. The second-order valence-corrected chi connectivity index (χ2v) is 8.38. The molecule has 0 aliphatic heterocycles. The van der Waals surface area contributed by atoms with Gasteiger partial charge in [-0.1, -0.05) is 60.7 Å². The molecule has 5 rings (SSSR count). The number of carbonyl (C=O) groups is 1. The fourth-order valence-corrected chi connectivity index (χ4v) is 4.59. The highest BCUT2D eigenvalue weighted by Gasteiger charge is 2.26. The van der Waals surface area contributed by atoms with Crippen LogP contribution in [0.4, 0.5) is 0 Å². The third-order valence-corrected chi connectivity index (χ3v) is 6.33. The van der Waals surface area contributed by atoms with Gasteiger partial charge in [0.1, 0.15) is 5.75 Å². The topological polar surface area (TPSA) is 56.1 Å². The summed E-state index contributed by atoms with van der Waals surface area (Å²) in [4.78, 5) is 13.0. The Morgan fingerprint density at radius 1 is 1.00 bits per heavy atom. The molecule has 0 bridgehead atoms. The Morgan fingerprint density at radius 3 is 2.52 bits per heavy atom. The maximum atomic E-state index is 13.0. The third-order valence-electron chi connectivity index (χ3n) is 6.33. The average Bonchev–Trinajstić information content (AvgIpc) is 3.29. The number of nitrogens with zero attached hydrogens (tertiary/aromatic N) is 2. The number of nitrogens with one attached hydrogen (secondary N) is 1. The Kier molecular flexibility index (Phi) is 5.94. The Balaban J connectivity index is 1.31. The van der Waals surface area contributed by atoms with E-state index in [1.54, 1.807) is 7.11 Å². The van der Waals surface area contributed by atoms with Gasteiger partial charge in [-0.25, -0.2) is 0 Å². The minimum Gasteiger partial charge on any atom is -0.496 e. The largest absolute Gasteiger partial charge is 0.496 e. The second kappa shape index (κ2) is 9.33. The van der Waals surface area contributed by atoms with E-state index in [1.165, 1.54) is 5.69 Å². The molecule has 0 saturated carbocycles. The first-order valence-electron chi connectivity index (χ1n) is 11.4. The molecule has 0 spiro atoms. The summed E-state index contributed by atoms with van der Waals surface area (Å²) in [6.07, 6.45) is 4.81. The molecule has 1 aliphatic rings. The van der Waals surface area contributed by atoms with Gasteiger partial charge in [0.25, 0.3) is 5.91 Å². The predicted octanol–water partition coefficient (Wildman–Crippen LogP) is 5.41. The SMILES string of the molecule is COc1ccccc1Cn1ncc2c1CCC[C@@H]2NC(=O)c1ccc(-c2ccccc2)cc1. The van der Waals surface area contributed by atoms with Crippen molar-refractivity contribution in [2.24, 2.45) is 0 Å². The summed E-state index contributed by atoms with van der Waals surface area (Å²) >= 11 is 0. The standard InChI is InChI=1S/C28H27N3O2/c1-33-27-13-6-5-10-23(27)19-31-26-12-7-11-25(24(26)18-29-31)30-28(32)22-16-14-21(15-17-22)20-8-3-2-4-9-20/h2-6,8-10,13-18,25H,7,11-12,19H2,1H3,(H,30,32)/t25-/m0/s1. The Bertz CT molecular complexity index is 1250. The number of rotatable bonds is 6. The van der Waals surface area contributed by atoms with Crippen molar-refractivity contribution in [1.82, 2.24) is 15.1 Å². The minimum atomic E-state index is -0.0510. The van der Waals surface area contributed by atoms with Gasteiger partial charge in [-0.2, -0.15) is 5.10 Å². The molecule has 5 nitrogen and oxygen atoms in total. The number of carbonyl (C=O) groups excluding carboxylic acids is 1. The summed E-state index contributed by atoms with van der Waals surface area (Å²) in [5, 5.41) is 7.89. The molecule has 0 fully saturated rings. The highest BCUT2D eigenvalue weighted by molar-refractivity contribution is 5.95. The van der Waals surface area contributed by atoms with Crippen molar-refractivity contribution in [2.45, 2.75) is 31.8 Å². The third kappa shape index (κ3) is 4.40. The van der Waals surface area contributed by atoms with Gasteiger partial charge in [0.15, 0.2) is 0 Å². The lowest BCUT2D eigenvalue weighted by atomic mass is 9.92. The van der Waals surface area contributed by atoms with Gasteiger partial charge in [-0.05, 0) is 48.6 Å². The maximum absolute atomic E-state index is 13.0. The van der Waals surface area contributed by atoms with Crippen LogP contribution in [-0.4, -0.2) is 22.8 Å². The monoisotopic (exact) mass is 437 g/mol. The summed E-state index contributed by atoms with van der Waals surface area (Å²) in [5.74, 6) is 0.811. The zero-order valence-corrected chi connectivity index (χ0v) is 18.7. The fraction of sp³-hybridized carbons (Fsp3) is 0.214. The van der Waals surface area contributed by atoms with Crippen LogP contribution < -0.4 is 10.1 Å². The number of methoxy groups -OCH3 is 1. The van der Waals surface area contributed by atoms with Gasteiger partial charge in [-0.15, -0.1) is 0 Å². The first kappa shape index (κ1) is 21.0. The van der Waals surface area contributed by atoms with Crippen LogP contribution in [0.2, 0.25) is 0 Å². The van der Waals surface area contributed by atoms with Crippen LogP contribution in [0.1, 0.15) is 46.1 Å². The maximum Gasteiger partial charge on any atom is 0.251 e. The molecule has 1 amide bonds. The van der Waals surface area contributed by atoms with Crippen molar-refractivity contribution in [1.29, 1.82) is 0 Å². The predicted molar refractivity (Wildman–Crippen MR) is 129 cm³/mol. The van der Waals surface area contributed by atoms with Gasteiger partial charge in [0.05, 0.1) is 25.9 Å². The molecule has 166 valence electrons. The highest BCUT2D eigenvalue weighted by atomic mass is 16.5. The molecule has 1 N–H and O–H groups in total. The first-order valence-corrected chi connectivity index (χ1v) is 11.4. The van der Waals surface area contributed by atoms with Crippen molar-refractivity contribution in [3.05, 3.63) is 107 Å². The van der Waals surface area contributed by atoms with E-state index in [-0.39, 0.29) is 11.9 Å². The van der Waals surface area contributed by atoms with Crippen LogP contribution >= 0.6 is 0 Å². The number of ether oxygens (including phenoxy) is 1. The van der Waals surface area contributed by atoms with Gasteiger partial charge in [0, 0.05) is 22.4 Å². The molecule has 33 heavy (non-hydrogen) atoms. The molecule has 0 saturated heterocycles. The van der Waals surface area contributed by atoms with E-state index in [1.807, 2.05) is 71.5 Å². The number of benzene rings is 3. The van der Waals surface area contributed by atoms with E-state index < -0.39 is 0 Å². The zero-order chi connectivity index (χ0) is 22.6. The lowest BCUT2D eigenvalue weighted by molar-refractivity contribution is 0.0932. The first-order chi connectivity index (χ1) is 16.2.